The summed E-state index contributed by atoms with van der Waals surface area (Å²) < 4.78 is 4.57. The molecule has 2 aromatic heterocycles. The second-order valence-electron chi connectivity index (χ2n) is 9.03. The summed E-state index contributed by atoms with van der Waals surface area (Å²) >= 11 is 9.56. The molecule has 5 aromatic rings. The van der Waals surface area contributed by atoms with Crippen LogP contribution in [0.15, 0.2) is 81.1 Å². The summed E-state index contributed by atoms with van der Waals surface area (Å²) in [6, 6.07) is 21.8. The minimum atomic E-state index is -0.171. The lowest BCUT2D eigenvalue weighted by Gasteiger charge is -2.14. The average Bonchev–Trinajstić information content (AvgIpc) is 3.15. The fourth-order valence-electron chi connectivity index (χ4n) is 4.49. The molecule has 0 unspecified atom stereocenters. The van der Waals surface area contributed by atoms with Crippen molar-refractivity contribution >= 4 is 55.6 Å². The molecule has 0 radical (unpaired) electrons. The predicted molar refractivity (Wildman–Crippen MR) is 153 cm³/mol. The zero-order valence-corrected chi connectivity index (χ0v) is 22.7. The zero-order valence-electron chi connectivity index (χ0n) is 20.4. The molecule has 5 rings (SSSR count). The van der Waals surface area contributed by atoms with Gasteiger partial charge in [-0.1, -0.05) is 71.7 Å². The van der Waals surface area contributed by atoms with Crippen molar-refractivity contribution in [3.8, 4) is 0 Å². The number of rotatable bonds is 6. The first-order valence-corrected chi connectivity index (χ1v) is 13.1. The zero-order chi connectivity index (χ0) is 25.4. The third kappa shape index (κ3) is 4.51. The van der Waals surface area contributed by atoms with Gasteiger partial charge in [0.1, 0.15) is 5.82 Å². The van der Waals surface area contributed by atoms with Crippen LogP contribution < -0.4 is 5.56 Å². The molecule has 36 heavy (non-hydrogen) atoms. The smallest absolute Gasteiger partial charge is 0.282 e. The van der Waals surface area contributed by atoms with Crippen molar-refractivity contribution in [1.29, 1.82) is 0 Å². The first-order chi connectivity index (χ1) is 17.4. The Balaban J connectivity index is 1.66. The van der Waals surface area contributed by atoms with Crippen LogP contribution in [0.3, 0.4) is 0 Å². The van der Waals surface area contributed by atoms with Gasteiger partial charge in [-0.05, 0) is 55.3 Å². The predicted octanol–water partition coefficient (Wildman–Crippen LogP) is 7.52. The maximum Gasteiger partial charge on any atom is 0.282 e. The number of benzene rings is 3. The van der Waals surface area contributed by atoms with Gasteiger partial charge < -0.3 is 4.57 Å². The second kappa shape index (κ2) is 10.0. The Kier molecular flexibility index (Phi) is 6.82. The monoisotopic (exact) mass is 560 g/mol. The summed E-state index contributed by atoms with van der Waals surface area (Å²) in [7, 11) is 0. The van der Waals surface area contributed by atoms with Crippen LogP contribution in [0.25, 0.3) is 21.8 Å². The Labute approximate surface area is 223 Å². The van der Waals surface area contributed by atoms with E-state index in [0.29, 0.717) is 23.3 Å². The quantitative estimate of drug-likeness (QED) is 0.201. The maximum absolute atomic E-state index is 13.5. The summed E-state index contributed by atoms with van der Waals surface area (Å²) in [6.45, 7) is 6.96. The van der Waals surface area contributed by atoms with Gasteiger partial charge in [0.15, 0.2) is 0 Å². The summed E-state index contributed by atoms with van der Waals surface area (Å²) in [6.07, 6.45) is 2.65. The number of para-hydroxylation sites is 1. The van der Waals surface area contributed by atoms with Crippen LogP contribution in [-0.4, -0.2) is 20.4 Å². The van der Waals surface area contributed by atoms with Crippen molar-refractivity contribution in [2.75, 3.05) is 0 Å². The van der Waals surface area contributed by atoms with E-state index in [4.69, 9.17) is 21.7 Å². The SMILES string of the molecule is CC[C@@H](C)c1nc2ccc(Br)cc2c(=O)n1N=Cc1c(C)n(Cc2ccc(Cl)cc2)c2ccccc12. The van der Waals surface area contributed by atoms with E-state index in [-0.39, 0.29) is 11.5 Å². The number of aromatic nitrogens is 3. The Morgan fingerprint density at radius 1 is 1.08 bits per heavy atom. The van der Waals surface area contributed by atoms with E-state index in [9.17, 15) is 4.79 Å². The molecule has 0 N–H and O–H groups in total. The third-order valence-corrected chi connectivity index (χ3v) is 7.47. The highest BCUT2D eigenvalue weighted by molar-refractivity contribution is 9.10. The van der Waals surface area contributed by atoms with Crippen LogP contribution >= 0.6 is 27.5 Å². The molecule has 0 amide bonds. The first-order valence-electron chi connectivity index (χ1n) is 12.0. The Morgan fingerprint density at radius 3 is 2.58 bits per heavy atom. The second-order valence-corrected chi connectivity index (χ2v) is 10.4. The van der Waals surface area contributed by atoms with E-state index in [1.807, 2.05) is 48.5 Å². The van der Waals surface area contributed by atoms with Gasteiger partial charge in [0.05, 0.1) is 17.1 Å². The summed E-state index contributed by atoms with van der Waals surface area (Å²) in [5, 5.41) is 7.08. The highest BCUT2D eigenvalue weighted by atomic mass is 79.9. The van der Waals surface area contributed by atoms with E-state index in [1.54, 1.807) is 12.3 Å². The fraction of sp³-hybridized carbons (Fsp3) is 0.207. The van der Waals surface area contributed by atoms with Gasteiger partial charge in [-0.2, -0.15) is 9.78 Å². The van der Waals surface area contributed by atoms with Crippen LogP contribution in [0.2, 0.25) is 5.02 Å². The maximum atomic E-state index is 13.5. The average molecular weight is 562 g/mol. The van der Waals surface area contributed by atoms with Gasteiger partial charge >= 0.3 is 0 Å². The van der Waals surface area contributed by atoms with Crippen LogP contribution in [0.5, 0.6) is 0 Å². The molecule has 0 spiro atoms. The standard InChI is InChI=1S/C29H26BrClN4O/c1-4-18(2)28-33-26-14-11-21(30)15-24(26)29(36)35(28)32-16-25-19(3)34(27-8-6-5-7-23(25)27)17-20-9-12-22(31)13-10-20/h5-16,18H,4,17H2,1-3H3/t18-/m1/s1. The molecule has 2 heterocycles. The Bertz CT molecular complexity index is 1670. The first kappa shape index (κ1) is 24.5. The highest BCUT2D eigenvalue weighted by Gasteiger charge is 2.17. The van der Waals surface area contributed by atoms with E-state index < -0.39 is 0 Å². The molecule has 1 atom stereocenters. The molecule has 0 aliphatic carbocycles. The van der Waals surface area contributed by atoms with Gasteiger partial charge in [-0.15, -0.1) is 0 Å². The lowest BCUT2D eigenvalue weighted by Crippen LogP contribution is -2.23. The lowest BCUT2D eigenvalue weighted by atomic mass is 10.1. The Hall–Kier alpha value is -3.22. The molecule has 0 aliphatic rings. The third-order valence-electron chi connectivity index (χ3n) is 6.72. The molecule has 3 aromatic carbocycles. The number of hydrogen-bond donors (Lipinski definition) is 0. The molecule has 0 fully saturated rings. The van der Waals surface area contributed by atoms with Crippen molar-refractivity contribution < 1.29 is 0 Å². The number of fused-ring (bicyclic) bond motifs is 2. The van der Waals surface area contributed by atoms with Crippen molar-refractivity contribution in [3.05, 3.63) is 109 Å². The van der Waals surface area contributed by atoms with Crippen molar-refractivity contribution in [2.45, 2.75) is 39.7 Å². The highest BCUT2D eigenvalue weighted by Crippen LogP contribution is 2.27. The molecule has 0 aliphatic heterocycles. The van der Waals surface area contributed by atoms with E-state index in [0.717, 1.165) is 43.6 Å². The fourth-order valence-corrected chi connectivity index (χ4v) is 4.98. The molecule has 182 valence electrons. The summed E-state index contributed by atoms with van der Waals surface area (Å²) in [4.78, 5) is 18.4. The molecular formula is C29H26BrClN4O. The van der Waals surface area contributed by atoms with Crippen molar-refractivity contribution in [2.24, 2.45) is 5.10 Å². The largest absolute Gasteiger partial charge is 0.340 e. The molecule has 0 bridgehead atoms. The number of nitrogens with zero attached hydrogens (tertiary/aromatic N) is 4. The minimum absolute atomic E-state index is 0.0789. The van der Waals surface area contributed by atoms with Gasteiger partial charge in [0.25, 0.3) is 5.56 Å². The molecule has 0 saturated carbocycles. The van der Waals surface area contributed by atoms with Gasteiger partial charge in [-0.25, -0.2) is 4.98 Å². The van der Waals surface area contributed by atoms with Crippen LogP contribution in [0.4, 0.5) is 0 Å². The van der Waals surface area contributed by atoms with E-state index in [1.165, 1.54) is 4.68 Å². The minimum Gasteiger partial charge on any atom is -0.340 e. The molecule has 5 nitrogen and oxygen atoms in total. The van der Waals surface area contributed by atoms with Crippen LogP contribution in [0.1, 0.15) is 48.8 Å². The van der Waals surface area contributed by atoms with Crippen LogP contribution in [-0.2, 0) is 6.54 Å². The number of hydrogen-bond acceptors (Lipinski definition) is 3. The van der Waals surface area contributed by atoms with E-state index >= 15 is 0 Å². The summed E-state index contributed by atoms with van der Waals surface area (Å²) in [5.41, 5.74) is 4.84. The van der Waals surface area contributed by atoms with Crippen LogP contribution in [0, 0.1) is 6.92 Å². The number of halogens is 2. The van der Waals surface area contributed by atoms with E-state index in [2.05, 4.69) is 53.4 Å². The lowest BCUT2D eigenvalue weighted by molar-refractivity contribution is 0.613. The topological polar surface area (TPSA) is 52.2 Å². The molecule has 7 heteroatoms. The summed E-state index contributed by atoms with van der Waals surface area (Å²) in [5.74, 6) is 0.742. The molecule has 0 saturated heterocycles. The normalized spacial score (nSPS) is 12.7. The molecular weight excluding hydrogens is 536 g/mol. The van der Waals surface area contributed by atoms with Crippen molar-refractivity contribution in [1.82, 2.24) is 14.2 Å². The Morgan fingerprint density at radius 2 is 1.83 bits per heavy atom. The van der Waals surface area contributed by atoms with Gasteiger partial charge in [-0.3, -0.25) is 4.79 Å². The van der Waals surface area contributed by atoms with Gasteiger partial charge in [0.2, 0.25) is 0 Å². The van der Waals surface area contributed by atoms with Crippen molar-refractivity contribution in [3.63, 3.8) is 0 Å². The van der Waals surface area contributed by atoms with Gasteiger partial charge in [0, 0.05) is 44.1 Å².